The second-order valence-electron chi connectivity index (χ2n) is 4.65. The van der Waals surface area contributed by atoms with E-state index in [1.165, 1.54) is 0 Å². The van der Waals surface area contributed by atoms with Crippen LogP contribution in [0.25, 0.3) is 0 Å². The zero-order chi connectivity index (χ0) is 11.8. The maximum absolute atomic E-state index is 11.3. The minimum absolute atomic E-state index is 0.0558. The number of rotatable bonds is 7. The Hall–Kier alpha value is -0.860. The van der Waals surface area contributed by atoms with Gasteiger partial charge in [0, 0.05) is 25.3 Å². The van der Waals surface area contributed by atoms with Crippen molar-refractivity contribution < 1.29 is 9.59 Å². The summed E-state index contributed by atoms with van der Waals surface area (Å²) in [4.78, 5) is 22.5. The molecule has 0 aromatic rings. The topological polar surface area (TPSA) is 46.2 Å². The van der Waals surface area contributed by atoms with Gasteiger partial charge in [-0.05, 0) is 12.3 Å². The molecular formula is C12H23NO2. The van der Waals surface area contributed by atoms with Crippen molar-refractivity contribution >= 4 is 11.7 Å². The van der Waals surface area contributed by atoms with E-state index in [2.05, 4.69) is 19.2 Å². The second kappa shape index (κ2) is 7.43. The second-order valence-corrected chi connectivity index (χ2v) is 4.65. The van der Waals surface area contributed by atoms with Crippen molar-refractivity contribution in [1.82, 2.24) is 5.32 Å². The molecule has 0 saturated carbocycles. The van der Waals surface area contributed by atoms with Crippen molar-refractivity contribution in [3.05, 3.63) is 0 Å². The monoisotopic (exact) mass is 213 g/mol. The summed E-state index contributed by atoms with van der Waals surface area (Å²) >= 11 is 0. The zero-order valence-electron chi connectivity index (χ0n) is 10.3. The summed E-state index contributed by atoms with van der Waals surface area (Å²) in [7, 11) is 0. The quantitative estimate of drug-likeness (QED) is 0.704. The summed E-state index contributed by atoms with van der Waals surface area (Å²) in [6.07, 6.45) is 1.92. The number of amides is 1. The Morgan fingerprint density at radius 2 is 1.67 bits per heavy atom. The summed E-state index contributed by atoms with van der Waals surface area (Å²) in [6.45, 7) is 8.42. The number of Topliss-reactive ketones (excluding diaryl/α,β-unsaturated/α-hetero) is 1. The lowest BCUT2D eigenvalue weighted by Gasteiger charge is -2.07. The van der Waals surface area contributed by atoms with Crippen LogP contribution in [0.3, 0.4) is 0 Å². The van der Waals surface area contributed by atoms with Crippen LogP contribution in [0.2, 0.25) is 0 Å². The molecule has 88 valence electrons. The standard InChI is InChI=1S/C12H23NO2/c1-9(2)5-6-12(15)13-8-7-11(14)10(3)4/h9-10H,5-8H2,1-4H3,(H,13,15). The third kappa shape index (κ3) is 8.16. The highest BCUT2D eigenvalue weighted by Gasteiger charge is 2.08. The van der Waals surface area contributed by atoms with Gasteiger partial charge in [0.1, 0.15) is 5.78 Å². The molecule has 0 radical (unpaired) electrons. The third-order valence-corrected chi connectivity index (χ3v) is 2.29. The average molecular weight is 213 g/mol. The normalized spacial score (nSPS) is 10.8. The van der Waals surface area contributed by atoms with Crippen molar-refractivity contribution in [3.63, 3.8) is 0 Å². The molecule has 0 saturated heterocycles. The molecule has 0 spiro atoms. The van der Waals surface area contributed by atoms with E-state index < -0.39 is 0 Å². The van der Waals surface area contributed by atoms with Crippen molar-refractivity contribution in [1.29, 1.82) is 0 Å². The van der Waals surface area contributed by atoms with E-state index in [1.807, 2.05) is 13.8 Å². The molecule has 0 heterocycles. The van der Waals surface area contributed by atoms with Gasteiger partial charge in [-0.1, -0.05) is 27.7 Å². The molecule has 0 atom stereocenters. The fourth-order valence-corrected chi connectivity index (χ4v) is 1.12. The molecular weight excluding hydrogens is 190 g/mol. The molecule has 0 aromatic carbocycles. The van der Waals surface area contributed by atoms with Gasteiger partial charge >= 0.3 is 0 Å². The van der Waals surface area contributed by atoms with Gasteiger partial charge in [-0.2, -0.15) is 0 Å². The summed E-state index contributed by atoms with van der Waals surface area (Å²) in [5.41, 5.74) is 0. The lowest BCUT2D eigenvalue weighted by molar-refractivity contribution is -0.122. The van der Waals surface area contributed by atoms with Crippen LogP contribution in [0, 0.1) is 11.8 Å². The van der Waals surface area contributed by atoms with E-state index >= 15 is 0 Å². The molecule has 0 aliphatic carbocycles. The summed E-state index contributed by atoms with van der Waals surface area (Å²) in [6, 6.07) is 0. The van der Waals surface area contributed by atoms with E-state index in [0.29, 0.717) is 25.3 Å². The first-order valence-corrected chi connectivity index (χ1v) is 5.73. The van der Waals surface area contributed by atoms with Crippen molar-refractivity contribution in [2.24, 2.45) is 11.8 Å². The average Bonchev–Trinajstić information content (AvgIpc) is 2.14. The van der Waals surface area contributed by atoms with Crippen LogP contribution in [0.4, 0.5) is 0 Å². The van der Waals surface area contributed by atoms with Crippen molar-refractivity contribution in [2.45, 2.75) is 47.0 Å². The van der Waals surface area contributed by atoms with E-state index in [0.717, 1.165) is 6.42 Å². The predicted molar refractivity (Wildman–Crippen MR) is 61.5 cm³/mol. The molecule has 0 unspecified atom stereocenters. The molecule has 0 aromatic heterocycles. The molecule has 0 fully saturated rings. The largest absolute Gasteiger partial charge is 0.356 e. The Kier molecular flexibility index (Phi) is 7.01. The number of carbonyl (C=O) groups excluding carboxylic acids is 2. The first kappa shape index (κ1) is 14.1. The molecule has 1 amide bonds. The maximum atomic E-state index is 11.3. The number of ketones is 1. The zero-order valence-corrected chi connectivity index (χ0v) is 10.3. The fourth-order valence-electron chi connectivity index (χ4n) is 1.12. The molecule has 0 bridgehead atoms. The van der Waals surface area contributed by atoms with E-state index in [9.17, 15) is 9.59 Å². The Bertz CT molecular complexity index is 210. The maximum Gasteiger partial charge on any atom is 0.220 e. The van der Waals surface area contributed by atoms with Gasteiger partial charge in [0.25, 0.3) is 0 Å². The van der Waals surface area contributed by atoms with Gasteiger partial charge in [0.15, 0.2) is 0 Å². The molecule has 0 rings (SSSR count). The lowest BCUT2D eigenvalue weighted by atomic mass is 10.1. The number of hydrogen-bond donors (Lipinski definition) is 1. The fraction of sp³-hybridized carbons (Fsp3) is 0.833. The number of carbonyl (C=O) groups is 2. The first-order chi connectivity index (χ1) is 6.93. The van der Waals surface area contributed by atoms with Crippen molar-refractivity contribution in [2.75, 3.05) is 6.54 Å². The van der Waals surface area contributed by atoms with Gasteiger partial charge in [-0.3, -0.25) is 9.59 Å². The summed E-state index contributed by atoms with van der Waals surface area (Å²) in [5.74, 6) is 0.880. The van der Waals surface area contributed by atoms with Gasteiger partial charge in [0.05, 0.1) is 0 Å². The van der Waals surface area contributed by atoms with Crippen LogP contribution in [-0.2, 0) is 9.59 Å². The summed E-state index contributed by atoms with van der Waals surface area (Å²) < 4.78 is 0. The van der Waals surface area contributed by atoms with Crippen LogP contribution in [0.1, 0.15) is 47.0 Å². The SMILES string of the molecule is CC(C)CCC(=O)NCCC(=O)C(C)C. The van der Waals surface area contributed by atoms with Crippen LogP contribution < -0.4 is 5.32 Å². The lowest BCUT2D eigenvalue weighted by Crippen LogP contribution is -2.26. The molecule has 3 heteroatoms. The smallest absolute Gasteiger partial charge is 0.220 e. The Balaban J connectivity index is 3.51. The minimum atomic E-state index is 0.0558. The van der Waals surface area contributed by atoms with E-state index in [1.54, 1.807) is 0 Å². The van der Waals surface area contributed by atoms with Gasteiger partial charge < -0.3 is 5.32 Å². The number of nitrogens with one attached hydrogen (secondary N) is 1. The van der Waals surface area contributed by atoms with Gasteiger partial charge in [-0.25, -0.2) is 0 Å². The molecule has 0 aliphatic heterocycles. The van der Waals surface area contributed by atoms with Crippen molar-refractivity contribution in [3.8, 4) is 0 Å². The van der Waals surface area contributed by atoms with Crippen LogP contribution in [0.15, 0.2) is 0 Å². The van der Waals surface area contributed by atoms with E-state index in [-0.39, 0.29) is 17.6 Å². The Morgan fingerprint density at radius 3 is 2.13 bits per heavy atom. The molecule has 15 heavy (non-hydrogen) atoms. The predicted octanol–water partition coefficient (Wildman–Crippen LogP) is 2.15. The molecule has 1 N–H and O–H groups in total. The highest BCUT2D eigenvalue weighted by atomic mass is 16.1. The highest BCUT2D eigenvalue weighted by Crippen LogP contribution is 2.03. The first-order valence-electron chi connectivity index (χ1n) is 5.73. The number of hydrogen-bond acceptors (Lipinski definition) is 2. The highest BCUT2D eigenvalue weighted by molar-refractivity contribution is 5.81. The summed E-state index contributed by atoms with van der Waals surface area (Å²) in [5, 5.41) is 2.76. The van der Waals surface area contributed by atoms with E-state index in [4.69, 9.17) is 0 Å². The Labute approximate surface area is 92.6 Å². The van der Waals surface area contributed by atoms with Crippen LogP contribution in [-0.4, -0.2) is 18.2 Å². The third-order valence-electron chi connectivity index (χ3n) is 2.29. The Morgan fingerprint density at radius 1 is 1.07 bits per heavy atom. The van der Waals surface area contributed by atoms with Gasteiger partial charge in [0.2, 0.25) is 5.91 Å². The van der Waals surface area contributed by atoms with Crippen LogP contribution >= 0.6 is 0 Å². The molecule has 3 nitrogen and oxygen atoms in total. The molecule has 0 aliphatic rings. The van der Waals surface area contributed by atoms with Crippen LogP contribution in [0.5, 0.6) is 0 Å². The van der Waals surface area contributed by atoms with Gasteiger partial charge in [-0.15, -0.1) is 0 Å². The minimum Gasteiger partial charge on any atom is -0.356 e.